The molecule has 0 aromatic carbocycles. The largest absolute Gasteiger partial charge is 0.495 e. The lowest BCUT2D eigenvalue weighted by atomic mass is 9.68. The molecule has 1 fully saturated rings. The van der Waals surface area contributed by atoms with Crippen molar-refractivity contribution in [3.8, 4) is 5.75 Å². The molecule has 0 saturated heterocycles. The number of hydrogen-bond acceptors (Lipinski definition) is 3. The van der Waals surface area contributed by atoms with Gasteiger partial charge >= 0.3 is 0 Å². The lowest BCUT2D eigenvalue weighted by molar-refractivity contribution is 0.190. The van der Waals surface area contributed by atoms with Gasteiger partial charge in [0.2, 0.25) is 0 Å². The van der Waals surface area contributed by atoms with Gasteiger partial charge in [-0.1, -0.05) is 20.8 Å². The van der Waals surface area contributed by atoms with E-state index in [9.17, 15) is 0 Å². The number of aromatic nitrogens is 1. The number of nitrogens with zero attached hydrogens (tertiary/aromatic N) is 1. The van der Waals surface area contributed by atoms with E-state index in [1.165, 1.54) is 24.8 Å². The predicted molar refractivity (Wildman–Crippen MR) is 87.7 cm³/mol. The second kappa shape index (κ2) is 7.79. The Kier molecular flexibility index (Phi) is 6.04. The van der Waals surface area contributed by atoms with Gasteiger partial charge < -0.3 is 10.1 Å². The number of pyridine rings is 1. The molecule has 1 saturated carbocycles. The van der Waals surface area contributed by atoms with Crippen molar-refractivity contribution >= 4 is 0 Å². The summed E-state index contributed by atoms with van der Waals surface area (Å²) in [4.78, 5) is 4.37. The Labute approximate surface area is 129 Å². The third-order valence-electron chi connectivity index (χ3n) is 5.03. The van der Waals surface area contributed by atoms with Crippen LogP contribution >= 0.6 is 0 Å². The van der Waals surface area contributed by atoms with Gasteiger partial charge in [0.15, 0.2) is 0 Å². The van der Waals surface area contributed by atoms with Crippen molar-refractivity contribution in [3.05, 3.63) is 24.0 Å². The van der Waals surface area contributed by atoms with Crippen LogP contribution in [0.25, 0.3) is 0 Å². The number of hydrogen-bond donors (Lipinski definition) is 1. The third kappa shape index (κ3) is 4.19. The van der Waals surface area contributed by atoms with E-state index in [-0.39, 0.29) is 0 Å². The van der Waals surface area contributed by atoms with Crippen molar-refractivity contribution in [3.63, 3.8) is 0 Å². The first kappa shape index (κ1) is 16.3. The van der Waals surface area contributed by atoms with Gasteiger partial charge in [-0.2, -0.15) is 0 Å². The minimum absolute atomic E-state index is 0.604. The third-order valence-corrected chi connectivity index (χ3v) is 5.03. The fourth-order valence-corrected chi connectivity index (χ4v) is 3.60. The number of methoxy groups -OCH3 is 1. The maximum atomic E-state index is 5.36. The van der Waals surface area contributed by atoms with Crippen molar-refractivity contribution in [2.24, 2.45) is 17.8 Å². The lowest BCUT2D eigenvalue weighted by Crippen LogP contribution is -2.33. The van der Waals surface area contributed by atoms with Crippen LogP contribution in [-0.4, -0.2) is 25.2 Å². The Bertz CT molecular complexity index is 433. The van der Waals surface area contributed by atoms with E-state index in [2.05, 4.69) is 37.1 Å². The molecule has 1 heterocycles. The second-order valence-electron chi connectivity index (χ2n) is 6.65. The van der Waals surface area contributed by atoms with E-state index < -0.39 is 0 Å². The molecular formula is C18H30N2O. The molecular weight excluding hydrogens is 260 g/mol. The molecule has 1 aliphatic rings. The van der Waals surface area contributed by atoms with Crippen molar-refractivity contribution in [1.29, 1.82) is 0 Å². The molecule has 2 rings (SSSR count). The molecule has 0 radical (unpaired) electrons. The average molecular weight is 290 g/mol. The van der Waals surface area contributed by atoms with E-state index in [0.29, 0.717) is 11.8 Å². The van der Waals surface area contributed by atoms with Crippen LogP contribution in [0.5, 0.6) is 5.75 Å². The smallest absolute Gasteiger partial charge is 0.137 e. The van der Waals surface area contributed by atoms with Gasteiger partial charge in [-0.25, -0.2) is 0 Å². The van der Waals surface area contributed by atoms with Gasteiger partial charge in [0.25, 0.3) is 0 Å². The Morgan fingerprint density at radius 3 is 2.81 bits per heavy atom. The van der Waals surface area contributed by atoms with E-state index >= 15 is 0 Å². The molecule has 3 heteroatoms. The standard InChI is InChI=1S/C18H30N2O/c1-5-19-10-15-7-6-14(13(2)3)9-18(15)16-8-17(21-4)12-20-11-16/h8,11-15,18-19H,5-7,9-10H2,1-4H3. The quantitative estimate of drug-likeness (QED) is 0.864. The predicted octanol–water partition coefficient (Wildman–Crippen LogP) is 3.86. The summed E-state index contributed by atoms with van der Waals surface area (Å²) in [5, 5.41) is 3.54. The van der Waals surface area contributed by atoms with Crippen LogP contribution in [0.2, 0.25) is 0 Å². The zero-order valence-electron chi connectivity index (χ0n) is 13.9. The summed E-state index contributed by atoms with van der Waals surface area (Å²) in [6.07, 6.45) is 7.79. The van der Waals surface area contributed by atoms with Crippen LogP contribution in [0.1, 0.15) is 51.5 Å². The molecule has 1 aromatic rings. The minimum Gasteiger partial charge on any atom is -0.495 e. The number of nitrogens with one attached hydrogen (secondary N) is 1. The van der Waals surface area contributed by atoms with Gasteiger partial charge in [0.05, 0.1) is 13.3 Å². The zero-order chi connectivity index (χ0) is 15.2. The van der Waals surface area contributed by atoms with E-state index in [1.807, 2.05) is 6.20 Å². The molecule has 3 unspecified atom stereocenters. The van der Waals surface area contributed by atoms with Crippen LogP contribution < -0.4 is 10.1 Å². The molecule has 0 bridgehead atoms. The first-order valence-electron chi connectivity index (χ1n) is 8.35. The minimum atomic E-state index is 0.604. The maximum absolute atomic E-state index is 5.36. The summed E-state index contributed by atoms with van der Waals surface area (Å²) in [6.45, 7) is 9.06. The molecule has 3 nitrogen and oxygen atoms in total. The molecule has 118 valence electrons. The van der Waals surface area contributed by atoms with E-state index in [1.54, 1.807) is 13.3 Å². The summed E-state index contributed by atoms with van der Waals surface area (Å²) < 4.78 is 5.36. The van der Waals surface area contributed by atoms with Crippen LogP contribution in [0, 0.1) is 17.8 Å². The Hall–Kier alpha value is -1.09. The van der Waals surface area contributed by atoms with E-state index in [0.717, 1.165) is 30.7 Å². The van der Waals surface area contributed by atoms with Crippen molar-refractivity contribution in [2.45, 2.75) is 46.0 Å². The fourth-order valence-electron chi connectivity index (χ4n) is 3.60. The van der Waals surface area contributed by atoms with Gasteiger partial charge in [-0.15, -0.1) is 0 Å². The molecule has 0 amide bonds. The summed E-state index contributed by atoms with van der Waals surface area (Å²) in [7, 11) is 1.72. The molecule has 1 N–H and O–H groups in total. The zero-order valence-corrected chi connectivity index (χ0v) is 13.9. The topological polar surface area (TPSA) is 34.2 Å². The van der Waals surface area contributed by atoms with Crippen molar-refractivity contribution in [1.82, 2.24) is 10.3 Å². The summed E-state index contributed by atoms with van der Waals surface area (Å²) >= 11 is 0. The number of ether oxygens (including phenoxy) is 1. The number of rotatable bonds is 6. The molecule has 0 spiro atoms. The Morgan fingerprint density at radius 2 is 2.14 bits per heavy atom. The van der Waals surface area contributed by atoms with Gasteiger partial charge in [0, 0.05) is 6.20 Å². The maximum Gasteiger partial charge on any atom is 0.137 e. The summed E-state index contributed by atoms with van der Waals surface area (Å²) in [6, 6.07) is 2.18. The first-order valence-corrected chi connectivity index (χ1v) is 8.35. The highest BCUT2D eigenvalue weighted by Crippen LogP contribution is 2.43. The first-order chi connectivity index (χ1) is 10.2. The molecule has 1 aromatic heterocycles. The Balaban J connectivity index is 2.18. The monoisotopic (exact) mass is 290 g/mol. The fraction of sp³-hybridized carbons (Fsp3) is 0.722. The van der Waals surface area contributed by atoms with E-state index in [4.69, 9.17) is 4.74 Å². The molecule has 21 heavy (non-hydrogen) atoms. The highest BCUT2D eigenvalue weighted by molar-refractivity contribution is 5.27. The summed E-state index contributed by atoms with van der Waals surface area (Å²) in [5.41, 5.74) is 1.35. The highest BCUT2D eigenvalue weighted by Gasteiger charge is 2.32. The second-order valence-corrected chi connectivity index (χ2v) is 6.65. The summed E-state index contributed by atoms with van der Waals surface area (Å²) in [5.74, 6) is 3.80. The molecule has 1 aliphatic carbocycles. The van der Waals surface area contributed by atoms with Gasteiger partial charge in [-0.3, -0.25) is 4.98 Å². The lowest BCUT2D eigenvalue weighted by Gasteiger charge is -2.38. The average Bonchev–Trinajstić information content (AvgIpc) is 2.52. The Morgan fingerprint density at radius 1 is 1.33 bits per heavy atom. The van der Waals surface area contributed by atoms with Crippen LogP contribution in [0.4, 0.5) is 0 Å². The van der Waals surface area contributed by atoms with Crippen LogP contribution in [-0.2, 0) is 0 Å². The SMILES string of the molecule is CCNCC1CCC(C(C)C)CC1c1cncc(OC)c1. The normalized spacial score (nSPS) is 26.0. The molecule has 0 aliphatic heterocycles. The van der Waals surface area contributed by atoms with Crippen LogP contribution in [0.3, 0.4) is 0 Å². The van der Waals surface area contributed by atoms with Gasteiger partial charge in [-0.05, 0) is 67.7 Å². The highest BCUT2D eigenvalue weighted by atomic mass is 16.5. The van der Waals surface area contributed by atoms with Crippen molar-refractivity contribution < 1.29 is 4.74 Å². The van der Waals surface area contributed by atoms with Crippen LogP contribution in [0.15, 0.2) is 18.5 Å². The molecule has 3 atom stereocenters. The van der Waals surface area contributed by atoms with Gasteiger partial charge in [0.1, 0.15) is 5.75 Å². The van der Waals surface area contributed by atoms with Crippen molar-refractivity contribution in [2.75, 3.05) is 20.2 Å².